The number of hydrogen-bond donors (Lipinski definition) is 0. The predicted octanol–water partition coefficient (Wildman–Crippen LogP) is 4.81. The Kier molecular flexibility index (Phi) is 7.08. The summed E-state index contributed by atoms with van der Waals surface area (Å²) in [7, 11) is 0. The Morgan fingerprint density at radius 2 is 1.71 bits per heavy atom. The van der Waals surface area contributed by atoms with Crippen LogP contribution in [0.25, 0.3) is 10.4 Å². The highest BCUT2D eigenvalue weighted by Gasteiger charge is 2.32. The molecule has 2 aliphatic heterocycles. The van der Waals surface area contributed by atoms with Crippen LogP contribution in [0.15, 0.2) is 53.9 Å². The lowest BCUT2D eigenvalue weighted by molar-refractivity contribution is -0.138. The van der Waals surface area contributed by atoms with Gasteiger partial charge in [-0.15, -0.1) is 22.7 Å². The fourth-order valence-corrected chi connectivity index (χ4v) is 6.49. The second-order valence-electron chi connectivity index (χ2n) is 8.92. The van der Waals surface area contributed by atoms with E-state index in [-0.39, 0.29) is 23.5 Å². The van der Waals surface area contributed by atoms with Crippen LogP contribution in [-0.2, 0) is 11.3 Å². The Balaban J connectivity index is 1.08. The predicted molar refractivity (Wildman–Crippen MR) is 135 cm³/mol. The molecule has 2 aromatic heterocycles. The Hall–Kier alpha value is -2.55. The maximum Gasteiger partial charge on any atom is 0.263 e. The van der Waals surface area contributed by atoms with Gasteiger partial charge in [0.05, 0.1) is 4.88 Å². The van der Waals surface area contributed by atoms with Crippen molar-refractivity contribution in [3.05, 3.63) is 69.5 Å². The summed E-state index contributed by atoms with van der Waals surface area (Å²) in [6, 6.07) is 14.7. The lowest BCUT2D eigenvalue weighted by Crippen LogP contribution is -2.51. The first-order valence-electron chi connectivity index (χ1n) is 11.8. The first kappa shape index (κ1) is 23.2. The number of likely N-dealkylation sites (tertiary alicyclic amines) is 1. The van der Waals surface area contributed by atoms with Gasteiger partial charge in [0.1, 0.15) is 5.82 Å². The van der Waals surface area contributed by atoms with Crippen LogP contribution in [0.4, 0.5) is 4.39 Å². The van der Waals surface area contributed by atoms with Crippen LogP contribution in [0, 0.1) is 11.7 Å². The summed E-state index contributed by atoms with van der Waals surface area (Å²) in [5.74, 6) is 0.133. The van der Waals surface area contributed by atoms with E-state index < -0.39 is 0 Å². The minimum absolute atomic E-state index is 0.0186. The SMILES string of the molecule is O=C(c1cccs1)N1CCC(C(=O)N2CCN(Cc3ccc(-c4cccc(F)c4)s3)CC2)CC1. The third-order valence-corrected chi connectivity index (χ3v) is 8.67. The second kappa shape index (κ2) is 10.4. The minimum Gasteiger partial charge on any atom is -0.340 e. The molecule has 34 heavy (non-hydrogen) atoms. The van der Waals surface area contributed by atoms with Gasteiger partial charge in [0.15, 0.2) is 0 Å². The summed E-state index contributed by atoms with van der Waals surface area (Å²) in [6.45, 7) is 5.36. The number of halogens is 1. The van der Waals surface area contributed by atoms with Gasteiger partial charge >= 0.3 is 0 Å². The monoisotopic (exact) mass is 497 g/mol. The van der Waals surface area contributed by atoms with Gasteiger partial charge in [0.2, 0.25) is 5.91 Å². The van der Waals surface area contributed by atoms with Gasteiger partial charge in [-0.3, -0.25) is 14.5 Å². The highest BCUT2D eigenvalue weighted by atomic mass is 32.1. The number of amides is 2. The molecule has 178 valence electrons. The van der Waals surface area contributed by atoms with Crippen molar-refractivity contribution < 1.29 is 14.0 Å². The van der Waals surface area contributed by atoms with E-state index in [4.69, 9.17) is 0 Å². The Morgan fingerprint density at radius 3 is 2.41 bits per heavy atom. The number of carbonyl (C=O) groups is 2. The van der Waals surface area contributed by atoms with Crippen LogP contribution < -0.4 is 0 Å². The molecule has 8 heteroatoms. The highest BCUT2D eigenvalue weighted by Crippen LogP contribution is 2.30. The van der Waals surface area contributed by atoms with Crippen molar-refractivity contribution in [3.8, 4) is 10.4 Å². The largest absolute Gasteiger partial charge is 0.340 e. The van der Waals surface area contributed by atoms with E-state index in [0.29, 0.717) is 13.1 Å². The molecule has 2 amide bonds. The number of thiophene rings is 2. The zero-order valence-electron chi connectivity index (χ0n) is 19.0. The molecular formula is C26H28FN3O2S2. The van der Waals surface area contributed by atoms with Gasteiger partial charge in [0.25, 0.3) is 5.91 Å². The van der Waals surface area contributed by atoms with Crippen LogP contribution in [0.1, 0.15) is 27.4 Å². The maximum absolute atomic E-state index is 13.5. The summed E-state index contributed by atoms with van der Waals surface area (Å²) in [6.07, 6.45) is 1.49. The van der Waals surface area contributed by atoms with Crippen LogP contribution in [-0.4, -0.2) is 65.8 Å². The number of hydrogen-bond acceptors (Lipinski definition) is 5. The van der Waals surface area contributed by atoms with E-state index >= 15 is 0 Å². The van der Waals surface area contributed by atoms with Gasteiger partial charge in [-0.05, 0) is 54.1 Å². The van der Waals surface area contributed by atoms with Gasteiger partial charge in [0, 0.05) is 61.5 Å². The third kappa shape index (κ3) is 5.24. The molecule has 0 atom stereocenters. The molecule has 0 spiro atoms. The maximum atomic E-state index is 13.5. The Morgan fingerprint density at radius 1 is 0.912 bits per heavy atom. The second-order valence-corrected chi connectivity index (χ2v) is 11.0. The molecule has 5 nitrogen and oxygen atoms in total. The summed E-state index contributed by atoms with van der Waals surface area (Å²) in [5.41, 5.74) is 0.912. The van der Waals surface area contributed by atoms with E-state index in [1.807, 2.05) is 33.4 Å². The summed E-state index contributed by atoms with van der Waals surface area (Å²) in [5, 5.41) is 1.92. The minimum atomic E-state index is -0.215. The fraction of sp³-hybridized carbons (Fsp3) is 0.385. The molecule has 0 bridgehead atoms. The topological polar surface area (TPSA) is 43.9 Å². The van der Waals surface area contributed by atoms with Gasteiger partial charge in [-0.1, -0.05) is 18.2 Å². The Labute approximate surface area is 207 Å². The zero-order chi connectivity index (χ0) is 23.5. The van der Waals surface area contributed by atoms with E-state index in [0.717, 1.165) is 60.9 Å². The molecule has 1 aromatic carbocycles. The highest BCUT2D eigenvalue weighted by molar-refractivity contribution is 7.15. The molecule has 0 saturated carbocycles. The van der Waals surface area contributed by atoms with E-state index in [1.165, 1.54) is 22.3 Å². The van der Waals surface area contributed by atoms with E-state index in [2.05, 4.69) is 17.0 Å². The van der Waals surface area contributed by atoms with Crippen molar-refractivity contribution in [1.82, 2.24) is 14.7 Å². The number of carbonyl (C=O) groups excluding carboxylic acids is 2. The number of piperidine rings is 1. The molecule has 5 rings (SSSR count). The molecule has 4 heterocycles. The number of benzene rings is 1. The zero-order valence-corrected chi connectivity index (χ0v) is 20.6. The van der Waals surface area contributed by atoms with Crippen molar-refractivity contribution >= 4 is 34.5 Å². The molecule has 2 fully saturated rings. The molecular weight excluding hydrogens is 469 g/mol. The number of nitrogens with zero attached hydrogens (tertiary/aromatic N) is 3. The van der Waals surface area contributed by atoms with Crippen LogP contribution >= 0.6 is 22.7 Å². The van der Waals surface area contributed by atoms with Crippen molar-refractivity contribution in [3.63, 3.8) is 0 Å². The van der Waals surface area contributed by atoms with Crippen LogP contribution in [0.3, 0.4) is 0 Å². The van der Waals surface area contributed by atoms with E-state index in [9.17, 15) is 14.0 Å². The summed E-state index contributed by atoms with van der Waals surface area (Å²) >= 11 is 3.17. The first-order valence-corrected chi connectivity index (χ1v) is 13.4. The Bertz CT molecular complexity index is 1130. The summed E-state index contributed by atoms with van der Waals surface area (Å²) in [4.78, 5) is 35.0. The molecule has 3 aromatic rings. The molecule has 0 unspecified atom stereocenters. The number of rotatable bonds is 5. The molecule has 0 aliphatic carbocycles. The van der Waals surface area contributed by atoms with Crippen molar-refractivity contribution in [2.24, 2.45) is 5.92 Å². The average molecular weight is 498 g/mol. The third-order valence-electron chi connectivity index (χ3n) is 6.70. The quantitative estimate of drug-likeness (QED) is 0.508. The summed E-state index contributed by atoms with van der Waals surface area (Å²) < 4.78 is 13.5. The number of piperazine rings is 1. The lowest BCUT2D eigenvalue weighted by atomic mass is 9.95. The molecule has 0 N–H and O–H groups in total. The van der Waals surface area contributed by atoms with Crippen LogP contribution in [0.2, 0.25) is 0 Å². The standard InChI is InChI=1S/C26H28FN3O2S2/c27-21-4-1-3-20(17-21)23-7-6-22(34-23)18-28-12-14-30(15-13-28)25(31)19-8-10-29(11-9-19)26(32)24-5-2-16-33-24/h1-7,16-17,19H,8-15,18H2. The van der Waals surface area contributed by atoms with Crippen molar-refractivity contribution in [2.75, 3.05) is 39.3 Å². The molecule has 2 saturated heterocycles. The van der Waals surface area contributed by atoms with Gasteiger partial charge in [-0.2, -0.15) is 0 Å². The smallest absolute Gasteiger partial charge is 0.263 e. The van der Waals surface area contributed by atoms with Crippen molar-refractivity contribution in [1.29, 1.82) is 0 Å². The average Bonchev–Trinajstić information content (AvgIpc) is 3.57. The molecule has 2 aliphatic rings. The van der Waals surface area contributed by atoms with Gasteiger partial charge < -0.3 is 9.80 Å². The fourth-order valence-electron chi connectivity index (χ4n) is 4.75. The normalized spacial score (nSPS) is 17.8. The van der Waals surface area contributed by atoms with Crippen LogP contribution in [0.5, 0.6) is 0 Å². The molecule has 0 radical (unpaired) electrons. The van der Waals surface area contributed by atoms with E-state index in [1.54, 1.807) is 23.5 Å². The lowest BCUT2D eigenvalue weighted by Gasteiger charge is -2.38. The first-order chi connectivity index (χ1) is 16.6. The van der Waals surface area contributed by atoms with Gasteiger partial charge in [-0.25, -0.2) is 4.39 Å². The van der Waals surface area contributed by atoms with Crippen molar-refractivity contribution in [2.45, 2.75) is 19.4 Å².